The molecule has 0 bridgehead atoms. The maximum Gasteiger partial charge on any atom is 0.123 e. The minimum atomic E-state index is -1.13. The number of rotatable bonds is 10. The Morgan fingerprint density at radius 1 is 1.14 bits per heavy atom. The van der Waals surface area contributed by atoms with Crippen LogP contribution in [0.15, 0.2) is 72.4 Å². The van der Waals surface area contributed by atoms with Crippen molar-refractivity contribution in [1.29, 1.82) is 0 Å². The van der Waals surface area contributed by atoms with Crippen molar-refractivity contribution >= 4 is 25.7 Å². The maximum absolute atomic E-state index is 6.16. The van der Waals surface area contributed by atoms with Gasteiger partial charge in [0, 0.05) is 43.3 Å². The quantitative estimate of drug-likeness (QED) is 0.237. The first-order valence-electron chi connectivity index (χ1n) is 13.3. The molecular weight excluding hydrogens is 470 g/mol. The number of aliphatic imine (C=N–C) groups is 1. The summed E-state index contributed by atoms with van der Waals surface area (Å²) in [5, 5.41) is 1.92. The van der Waals surface area contributed by atoms with Gasteiger partial charge >= 0.3 is 0 Å². The average Bonchev–Trinajstić information content (AvgIpc) is 3.46. The molecule has 4 rings (SSSR count). The van der Waals surface area contributed by atoms with Crippen LogP contribution < -0.4 is 16.3 Å². The third kappa shape index (κ3) is 6.14. The van der Waals surface area contributed by atoms with Crippen LogP contribution in [0.1, 0.15) is 35.6 Å². The minimum Gasteiger partial charge on any atom is -0.361 e. The predicted molar refractivity (Wildman–Crippen MR) is 159 cm³/mol. The molecule has 3 aromatic rings. The van der Waals surface area contributed by atoms with Gasteiger partial charge in [-0.1, -0.05) is 68.7 Å². The Bertz CT molecular complexity index is 1380. The molecule has 37 heavy (non-hydrogen) atoms. The van der Waals surface area contributed by atoms with Crippen molar-refractivity contribution in [2.45, 2.75) is 64.0 Å². The summed E-state index contributed by atoms with van der Waals surface area (Å²) in [4.78, 5) is 4.84. The van der Waals surface area contributed by atoms with Gasteiger partial charge in [0.05, 0.1) is 11.0 Å². The molecule has 1 aliphatic carbocycles. The SMILES string of the molecule is C=C=c1/c(=C(\N=C/C)c2cccc(C3(CCN)Cc4ccccc4C3)c2)ccn1COCC[Si](C)(C)C. The molecule has 1 heterocycles. The van der Waals surface area contributed by atoms with Crippen LogP contribution >= 0.6 is 0 Å². The molecule has 1 aromatic heterocycles. The number of fused-ring (bicyclic) bond motifs is 1. The molecule has 0 amide bonds. The van der Waals surface area contributed by atoms with Crippen molar-refractivity contribution in [2.75, 3.05) is 13.2 Å². The van der Waals surface area contributed by atoms with Crippen LogP contribution in [0.5, 0.6) is 0 Å². The van der Waals surface area contributed by atoms with Crippen LogP contribution in [-0.4, -0.2) is 32.0 Å². The van der Waals surface area contributed by atoms with E-state index in [4.69, 9.17) is 15.5 Å². The molecule has 0 radical (unpaired) electrons. The highest BCUT2D eigenvalue weighted by Gasteiger charge is 2.38. The summed E-state index contributed by atoms with van der Waals surface area (Å²) < 4.78 is 8.10. The minimum absolute atomic E-state index is 0.0129. The molecule has 1 aliphatic rings. The number of aromatic nitrogens is 1. The number of ether oxygens (including phenoxy) is 1. The fourth-order valence-corrected chi connectivity index (χ4v) is 6.19. The highest BCUT2D eigenvalue weighted by molar-refractivity contribution is 6.76. The molecular formula is C32H41N3OSi. The largest absolute Gasteiger partial charge is 0.361 e. The van der Waals surface area contributed by atoms with Gasteiger partial charge in [-0.25, -0.2) is 0 Å². The van der Waals surface area contributed by atoms with E-state index in [1.807, 2.05) is 13.1 Å². The summed E-state index contributed by atoms with van der Waals surface area (Å²) in [7, 11) is -1.13. The van der Waals surface area contributed by atoms with E-state index in [-0.39, 0.29) is 5.41 Å². The summed E-state index contributed by atoms with van der Waals surface area (Å²) >= 11 is 0. The van der Waals surface area contributed by atoms with E-state index in [0.29, 0.717) is 13.3 Å². The Labute approximate surface area is 222 Å². The van der Waals surface area contributed by atoms with Crippen LogP contribution in [0.2, 0.25) is 25.7 Å². The molecule has 0 unspecified atom stereocenters. The lowest BCUT2D eigenvalue weighted by molar-refractivity contribution is 0.0856. The van der Waals surface area contributed by atoms with Crippen molar-refractivity contribution in [3.8, 4) is 0 Å². The lowest BCUT2D eigenvalue weighted by Crippen LogP contribution is -2.31. The standard InChI is InChI=1S/C32H41N3OSi/c1-6-30-29(15-18-35(30)24-36-19-20-37(3,4)5)31(34-7-2)25-13-10-14-28(21-25)32(16-17-33)22-26-11-8-9-12-27(26)23-32/h7-15,18,21H,1,16-17,19-20,22-24,33H2,2-5H3/b31-29-,34-7-. The van der Waals surface area contributed by atoms with Crippen molar-refractivity contribution in [3.05, 3.63) is 100 Å². The first-order valence-corrected chi connectivity index (χ1v) is 17.0. The van der Waals surface area contributed by atoms with E-state index in [1.54, 1.807) is 0 Å². The summed E-state index contributed by atoms with van der Waals surface area (Å²) in [6.45, 7) is 15.0. The van der Waals surface area contributed by atoms with E-state index in [0.717, 1.165) is 53.7 Å². The normalized spacial score (nSPS) is 15.6. The first kappa shape index (κ1) is 27.1. The van der Waals surface area contributed by atoms with Gasteiger partial charge in [-0.15, -0.1) is 5.73 Å². The summed E-state index contributed by atoms with van der Waals surface area (Å²) in [5.74, 6) is 0. The zero-order valence-corrected chi connectivity index (χ0v) is 23.9. The number of nitrogens with two attached hydrogens (primary N) is 1. The van der Waals surface area contributed by atoms with Crippen molar-refractivity contribution in [3.63, 3.8) is 0 Å². The van der Waals surface area contributed by atoms with Gasteiger partial charge in [-0.05, 0) is 67.6 Å². The predicted octanol–water partition coefficient (Wildman–Crippen LogP) is 5.00. The van der Waals surface area contributed by atoms with Crippen LogP contribution in [0.3, 0.4) is 0 Å². The highest BCUT2D eigenvalue weighted by Crippen LogP contribution is 2.42. The second-order valence-electron chi connectivity index (χ2n) is 11.3. The Morgan fingerprint density at radius 2 is 1.86 bits per heavy atom. The smallest absolute Gasteiger partial charge is 0.123 e. The summed E-state index contributed by atoms with van der Waals surface area (Å²) in [6, 6.07) is 20.9. The van der Waals surface area contributed by atoms with Gasteiger partial charge in [0.1, 0.15) is 6.73 Å². The third-order valence-corrected chi connectivity index (χ3v) is 9.12. The van der Waals surface area contributed by atoms with Gasteiger partial charge in [0.2, 0.25) is 0 Å². The molecule has 4 nitrogen and oxygen atoms in total. The van der Waals surface area contributed by atoms with E-state index >= 15 is 0 Å². The lowest BCUT2D eigenvalue weighted by Gasteiger charge is -2.30. The Balaban J connectivity index is 1.73. The lowest BCUT2D eigenvalue weighted by atomic mass is 9.74. The van der Waals surface area contributed by atoms with Gasteiger partial charge < -0.3 is 15.0 Å². The van der Waals surface area contributed by atoms with Crippen LogP contribution in [0.4, 0.5) is 0 Å². The molecule has 2 aromatic carbocycles. The molecule has 0 aliphatic heterocycles. The number of hydrogen-bond acceptors (Lipinski definition) is 3. The first-order chi connectivity index (χ1) is 17.8. The molecule has 0 fully saturated rings. The fraction of sp³-hybridized carbons (Fsp3) is 0.375. The van der Waals surface area contributed by atoms with Crippen molar-refractivity contribution in [2.24, 2.45) is 10.7 Å². The molecule has 194 valence electrons. The van der Waals surface area contributed by atoms with Gasteiger partial charge in [0.25, 0.3) is 0 Å². The Morgan fingerprint density at radius 3 is 2.49 bits per heavy atom. The van der Waals surface area contributed by atoms with E-state index < -0.39 is 8.07 Å². The number of hydrogen-bond donors (Lipinski definition) is 1. The topological polar surface area (TPSA) is 52.5 Å². The molecule has 2 N–H and O–H groups in total. The third-order valence-electron chi connectivity index (χ3n) is 7.42. The average molecular weight is 512 g/mol. The van der Waals surface area contributed by atoms with E-state index in [2.05, 4.69) is 97.3 Å². The molecule has 0 atom stereocenters. The van der Waals surface area contributed by atoms with Crippen molar-refractivity contribution in [1.82, 2.24) is 4.57 Å². The van der Waals surface area contributed by atoms with Crippen molar-refractivity contribution < 1.29 is 4.74 Å². The second-order valence-corrected chi connectivity index (χ2v) is 17.0. The summed E-state index contributed by atoms with van der Waals surface area (Å²) in [6.07, 6.45) is 6.90. The number of nitrogens with zero attached hydrogens (tertiary/aromatic N) is 2. The van der Waals surface area contributed by atoms with E-state index in [9.17, 15) is 0 Å². The van der Waals surface area contributed by atoms with Gasteiger partial charge in [-0.2, -0.15) is 0 Å². The monoisotopic (exact) mass is 511 g/mol. The van der Waals surface area contributed by atoms with Crippen LogP contribution in [0, 0.1) is 0 Å². The molecule has 0 saturated carbocycles. The fourth-order valence-electron chi connectivity index (χ4n) is 5.43. The maximum atomic E-state index is 6.16. The Hall–Kier alpha value is -2.95. The van der Waals surface area contributed by atoms with E-state index in [1.165, 1.54) is 16.7 Å². The van der Waals surface area contributed by atoms with Crippen LogP contribution in [0.25, 0.3) is 11.4 Å². The zero-order valence-electron chi connectivity index (χ0n) is 22.9. The molecule has 5 heteroatoms. The number of benzene rings is 2. The van der Waals surface area contributed by atoms with Gasteiger partial charge in [-0.3, -0.25) is 4.99 Å². The highest BCUT2D eigenvalue weighted by atomic mass is 28.3. The second kappa shape index (κ2) is 11.6. The Kier molecular flexibility index (Phi) is 8.51. The summed E-state index contributed by atoms with van der Waals surface area (Å²) in [5.41, 5.74) is 15.5. The molecule has 0 saturated heterocycles. The molecule has 0 spiro atoms. The van der Waals surface area contributed by atoms with Gasteiger partial charge in [0.15, 0.2) is 0 Å². The zero-order chi connectivity index (χ0) is 26.5. The van der Waals surface area contributed by atoms with Crippen LogP contribution in [-0.2, 0) is 29.7 Å².